The zero-order chi connectivity index (χ0) is 21.3. The normalized spacial score (nSPS) is 11.4. The molecule has 0 saturated carbocycles. The number of nitrogens with one attached hydrogen (secondary N) is 2. The quantitative estimate of drug-likeness (QED) is 0.512. The predicted octanol–water partition coefficient (Wildman–Crippen LogP) is 3.81. The van der Waals surface area contributed by atoms with Gasteiger partial charge in [0.2, 0.25) is 10.0 Å². The summed E-state index contributed by atoms with van der Waals surface area (Å²) in [5.74, 6) is 0.578. The van der Waals surface area contributed by atoms with Crippen molar-refractivity contribution in [2.45, 2.75) is 6.92 Å². The summed E-state index contributed by atoms with van der Waals surface area (Å²) in [6.07, 6.45) is 1.03. The first-order valence-electron chi connectivity index (χ1n) is 9.24. The summed E-state index contributed by atoms with van der Waals surface area (Å²) in [7, 11) is -3.61. The first-order valence-corrected chi connectivity index (χ1v) is 11.1. The lowest BCUT2D eigenvalue weighted by Gasteiger charge is -2.20. The van der Waals surface area contributed by atoms with Gasteiger partial charge in [-0.25, -0.2) is 13.4 Å². The van der Waals surface area contributed by atoms with Gasteiger partial charge in [-0.1, -0.05) is 36.4 Å². The van der Waals surface area contributed by atoms with E-state index in [9.17, 15) is 13.2 Å². The number of fused-ring (bicyclic) bond motifs is 1. The van der Waals surface area contributed by atoms with Crippen LogP contribution >= 0.6 is 0 Å². The summed E-state index contributed by atoms with van der Waals surface area (Å²) >= 11 is 0. The highest BCUT2D eigenvalue weighted by Gasteiger charge is 2.18. The Hall–Kier alpha value is -3.65. The second-order valence-corrected chi connectivity index (χ2v) is 8.68. The van der Waals surface area contributed by atoms with Crippen molar-refractivity contribution in [3.05, 3.63) is 88.7 Å². The molecule has 0 aliphatic rings. The van der Waals surface area contributed by atoms with Gasteiger partial charge in [0.05, 0.1) is 17.2 Å². The molecule has 0 aliphatic heterocycles. The number of hydrogen-bond acceptors (Lipinski definition) is 5. The molecule has 2 aromatic carbocycles. The lowest BCUT2D eigenvalue weighted by Crippen LogP contribution is -2.18. The molecule has 0 bridgehead atoms. The van der Waals surface area contributed by atoms with Gasteiger partial charge >= 0.3 is 0 Å². The first-order chi connectivity index (χ1) is 14.3. The SMILES string of the molecule is Cc1cc2c(c(NS(C)(=O)=O)n1)c(=O)cc(Nc1ccccc1)n2-c1ccccc1. The number of hydrogen-bond donors (Lipinski definition) is 2. The maximum absolute atomic E-state index is 13.1. The van der Waals surface area contributed by atoms with Gasteiger partial charge in [0.1, 0.15) is 5.82 Å². The minimum absolute atomic E-state index is 0.0217. The van der Waals surface area contributed by atoms with Gasteiger partial charge in [-0.3, -0.25) is 14.1 Å². The highest BCUT2D eigenvalue weighted by Crippen LogP contribution is 2.28. The van der Waals surface area contributed by atoms with E-state index in [1.165, 1.54) is 6.07 Å². The van der Waals surface area contributed by atoms with Crippen molar-refractivity contribution in [3.63, 3.8) is 0 Å². The van der Waals surface area contributed by atoms with E-state index in [1.807, 2.05) is 65.2 Å². The van der Waals surface area contributed by atoms with Gasteiger partial charge in [0, 0.05) is 23.1 Å². The minimum Gasteiger partial charge on any atom is -0.341 e. The van der Waals surface area contributed by atoms with Crippen LogP contribution in [0.3, 0.4) is 0 Å². The molecule has 0 saturated heterocycles. The maximum Gasteiger partial charge on any atom is 0.230 e. The van der Waals surface area contributed by atoms with E-state index < -0.39 is 10.0 Å². The second-order valence-electron chi connectivity index (χ2n) is 6.94. The Morgan fingerprint density at radius 2 is 1.57 bits per heavy atom. The highest BCUT2D eigenvalue weighted by molar-refractivity contribution is 7.92. The molecule has 0 unspecified atom stereocenters. The van der Waals surface area contributed by atoms with Gasteiger partial charge in [0.25, 0.3) is 0 Å². The molecule has 2 heterocycles. The topological polar surface area (TPSA) is 93.1 Å². The first kappa shape index (κ1) is 19.7. The number of para-hydroxylation sites is 2. The van der Waals surface area contributed by atoms with Crippen LogP contribution in [0.25, 0.3) is 16.6 Å². The van der Waals surface area contributed by atoms with Crippen molar-refractivity contribution in [2.75, 3.05) is 16.3 Å². The third-order valence-electron chi connectivity index (χ3n) is 4.47. The molecule has 30 heavy (non-hydrogen) atoms. The summed E-state index contributed by atoms with van der Waals surface area (Å²) in [5.41, 5.74) is 2.42. The maximum atomic E-state index is 13.1. The average molecular weight is 420 g/mol. The van der Waals surface area contributed by atoms with Crippen molar-refractivity contribution in [1.29, 1.82) is 0 Å². The Balaban J connectivity index is 2.07. The summed E-state index contributed by atoms with van der Waals surface area (Å²) in [5, 5.41) is 3.50. The summed E-state index contributed by atoms with van der Waals surface area (Å²) in [6, 6.07) is 22.3. The van der Waals surface area contributed by atoms with Crippen LogP contribution in [0.4, 0.5) is 17.3 Å². The van der Waals surface area contributed by atoms with Gasteiger partial charge in [-0.05, 0) is 37.3 Å². The summed E-state index contributed by atoms with van der Waals surface area (Å²) in [6.45, 7) is 1.75. The Labute approximate surface area is 174 Å². The average Bonchev–Trinajstić information content (AvgIpc) is 2.68. The molecular formula is C22H20N4O3S. The van der Waals surface area contributed by atoms with Crippen LogP contribution in [0.5, 0.6) is 0 Å². The van der Waals surface area contributed by atoms with E-state index in [0.717, 1.165) is 17.6 Å². The number of anilines is 3. The Bertz CT molecular complexity index is 1380. The molecule has 0 spiro atoms. The van der Waals surface area contributed by atoms with E-state index in [-0.39, 0.29) is 16.6 Å². The molecule has 8 heteroatoms. The molecule has 7 nitrogen and oxygen atoms in total. The molecule has 2 N–H and O–H groups in total. The van der Waals surface area contributed by atoms with Gasteiger partial charge in [-0.2, -0.15) is 0 Å². The Kier molecular flexibility index (Phi) is 5.01. The zero-order valence-electron chi connectivity index (χ0n) is 16.5. The van der Waals surface area contributed by atoms with Gasteiger partial charge < -0.3 is 5.32 Å². The van der Waals surface area contributed by atoms with Crippen molar-refractivity contribution in [2.24, 2.45) is 0 Å². The zero-order valence-corrected chi connectivity index (χ0v) is 17.3. The van der Waals surface area contributed by atoms with E-state index in [4.69, 9.17) is 0 Å². The van der Waals surface area contributed by atoms with Crippen LogP contribution in [-0.2, 0) is 10.0 Å². The largest absolute Gasteiger partial charge is 0.341 e. The molecule has 0 aliphatic carbocycles. The number of sulfonamides is 1. The van der Waals surface area contributed by atoms with Gasteiger partial charge in [0.15, 0.2) is 11.2 Å². The molecule has 0 radical (unpaired) electrons. The third kappa shape index (κ3) is 4.04. The molecule has 0 fully saturated rings. The minimum atomic E-state index is -3.61. The lowest BCUT2D eigenvalue weighted by atomic mass is 10.2. The Morgan fingerprint density at radius 1 is 0.933 bits per heavy atom. The Morgan fingerprint density at radius 3 is 2.20 bits per heavy atom. The predicted molar refractivity (Wildman–Crippen MR) is 120 cm³/mol. The van der Waals surface area contributed by atoms with Crippen molar-refractivity contribution in [3.8, 4) is 5.69 Å². The fourth-order valence-electron chi connectivity index (χ4n) is 3.33. The van der Waals surface area contributed by atoms with E-state index >= 15 is 0 Å². The van der Waals surface area contributed by atoms with E-state index in [0.29, 0.717) is 17.0 Å². The summed E-state index contributed by atoms with van der Waals surface area (Å²) < 4.78 is 28.0. The van der Waals surface area contributed by atoms with Crippen LogP contribution < -0.4 is 15.5 Å². The smallest absolute Gasteiger partial charge is 0.230 e. The standard InChI is InChI=1S/C22H20N4O3S/c1-15-13-18-21(22(23-15)25-30(2,28)29)19(27)14-20(24-16-9-5-3-6-10-16)26(18)17-11-7-4-8-12-17/h3-14,24H,1-2H3,(H,23,25). The summed E-state index contributed by atoms with van der Waals surface area (Å²) in [4.78, 5) is 17.3. The second kappa shape index (κ2) is 7.64. The molecular weight excluding hydrogens is 400 g/mol. The monoisotopic (exact) mass is 420 g/mol. The fourth-order valence-corrected chi connectivity index (χ4v) is 3.83. The molecule has 152 valence electrons. The molecule has 0 amide bonds. The van der Waals surface area contributed by atoms with Crippen LogP contribution in [0.15, 0.2) is 77.6 Å². The third-order valence-corrected chi connectivity index (χ3v) is 5.03. The lowest BCUT2D eigenvalue weighted by molar-refractivity contribution is 0.606. The number of nitrogens with zero attached hydrogens (tertiary/aromatic N) is 2. The van der Waals surface area contributed by atoms with Crippen LogP contribution in [0.1, 0.15) is 5.69 Å². The molecule has 4 rings (SSSR count). The molecule has 0 atom stereocenters. The molecule has 2 aromatic heterocycles. The molecule has 4 aromatic rings. The van der Waals surface area contributed by atoms with Crippen molar-refractivity contribution >= 4 is 38.2 Å². The van der Waals surface area contributed by atoms with Crippen molar-refractivity contribution in [1.82, 2.24) is 9.55 Å². The van der Waals surface area contributed by atoms with E-state index in [2.05, 4.69) is 15.0 Å². The van der Waals surface area contributed by atoms with Crippen LogP contribution in [0, 0.1) is 6.92 Å². The highest BCUT2D eigenvalue weighted by atomic mass is 32.2. The van der Waals surface area contributed by atoms with Gasteiger partial charge in [-0.15, -0.1) is 0 Å². The number of pyridine rings is 2. The van der Waals surface area contributed by atoms with E-state index in [1.54, 1.807) is 13.0 Å². The number of rotatable bonds is 5. The van der Waals surface area contributed by atoms with Crippen LogP contribution in [0.2, 0.25) is 0 Å². The number of aromatic nitrogens is 2. The van der Waals surface area contributed by atoms with Crippen molar-refractivity contribution < 1.29 is 8.42 Å². The fraction of sp³-hybridized carbons (Fsp3) is 0.0909. The number of benzene rings is 2. The van der Waals surface area contributed by atoms with Crippen LogP contribution in [-0.4, -0.2) is 24.2 Å². The number of aryl methyl sites for hydroxylation is 1.